The molecule has 2 rings (SSSR count). The zero-order chi connectivity index (χ0) is 76.4. The predicted molar refractivity (Wildman–Crippen MR) is 437 cm³/mol. The van der Waals surface area contributed by atoms with E-state index in [1.807, 2.05) is 55.4 Å². The average Bonchev–Trinajstić information content (AvgIpc) is 1.08. The minimum atomic E-state index is -1.93. The molecule has 0 aromatic rings. The van der Waals surface area contributed by atoms with Gasteiger partial charge in [-0.1, -0.05) is 65.2 Å². The number of rotatable bonds is 44. The van der Waals surface area contributed by atoms with Crippen molar-refractivity contribution in [2.75, 3.05) is 13.2 Å². The Bertz CT molecular complexity index is 1780. The fourth-order valence-corrected chi connectivity index (χ4v) is 22.7. The molecule has 0 aliphatic heterocycles. The summed E-state index contributed by atoms with van der Waals surface area (Å²) in [5, 5.41) is 0. The Morgan fingerprint density at radius 2 is 0.557 bits per heavy atom. The summed E-state index contributed by atoms with van der Waals surface area (Å²) in [5.41, 5.74) is 1.76. The van der Waals surface area contributed by atoms with E-state index in [1.54, 1.807) is 6.92 Å². The van der Waals surface area contributed by atoms with Crippen LogP contribution in [0.25, 0.3) is 0 Å². The van der Waals surface area contributed by atoms with Crippen LogP contribution in [0.1, 0.15) is 128 Å². The lowest BCUT2D eigenvalue weighted by Crippen LogP contribution is -2.53. The lowest BCUT2D eigenvalue weighted by molar-refractivity contribution is -0.551. The summed E-state index contributed by atoms with van der Waals surface area (Å²) in [6, 6.07) is 2.30. The zero-order valence-electron chi connectivity index (χ0n) is 70.4. The fraction of sp³-hybridized carbons (Fsp3) is 1.00. The van der Waals surface area contributed by atoms with Crippen LogP contribution in [0.3, 0.4) is 0 Å². The average molecular weight is 1620 g/mol. The molecule has 588 valence electrons. The molecule has 0 spiro atoms. The van der Waals surface area contributed by atoms with Crippen molar-refractivity contribution in [3.63, 3.8) is 0 Å². The first-order valence-electron chi connectivity index (χ1n) is 37.1. The van der Waals surface area contributed by atoms with Crippen LogP contribution in [-0.2, 0) is 90.7 Å². The quantitative estimate of drug-likeness (QED) is 0.0414. The second kappa shape index (κ2) is 49.9. The first-order chi connectivity index (χ1) is 43.8. The van der Waals surface area contributed by atoms with E-state index in [-0.39, 0.29) is 31.3 Å². The topological polar surface area (TPSA) is 185 Å². The molecule has 0 atom stereocenters. The molecule has 0 aromatic carbocycles. The van der Waals surface area contributed by atoms with Gasteiger partial charge in [-0.2, -0.15) is 0 Å². The molecule has 2 aliphatic rings. The number of hydrogen-bond acceptors (Lipinski definition) is 20. The van der Waals surface area contributed by atoms with E-state index in [0.717, 1.165) is 23.2 Å². The Morgan fingerprint density at radius 3 is 0.773 bits per heavy atom. The SMILES string of the molecule is CC(C)OC(OC(C)C)(OC(C)C)OC(O[Si](C)(C)C)O[Si](C)(C)C.CCOC(C)(OCC)OC(O[Si](C)(C)C)O[Si](C)(C)C.CC[SiH](CC)OC(O[SiH](C)C)O[SiH](C)C.C[SiH](C)OC(O[SiH](C)C)O[SiH](C1CCCC1)C1CCCC1.C[Si](C)(C)OC(O[Si](C)(C)C)O[Si](C)(C)C. The van der Waals surface area contributed by atoms with Crippen molar-refractivity contribution in [2.24, 2.45) is 0 Å². The summed E-state index contributed by atoms with van der Waals surface area (Å²) in [7, 11) is -19.0. The molecule has 0 radical (unpaired) electrons. The smallest absolute Gasteiger partial charge is 0.376 e. The van der Waals surface area contributed by atoms with Crippen LogP contribution < -0.4 is 0 Å². The lowest BCUT2D eigenvalue weighted by atomic mass is 10.3. The third-order valence-electron chi connectivity index (χ3n) is 12.4. The normalized spacial score (nSPS) is 15.6. The molecule has 20 nitrogen and oxygen atoms in total. The Labute approximate surface area is 615 Å². The molecular weight excluding hydrogens is 1450 g/mol. The highest BCUT2D eigenvalue weighted by atomic mass is 28.4. The summed E-state index contributed by atoms with van der Waals surface area (Å²) in [4.78, 5) is 0. The highest BCUT2D eigenvalue weighted by Gasteiger charge is 2.45. The van der Waals surface area contributed by atoms with E-state index in [2.05, 4.69) is 204 Å². The molecule has 2 saturated carbocycles. The predicted octanol–water partition coefficient (Wildman–Crippen LogP) is 18.4. The van der Waals surface area contributed by atoms with Gasteiger partial charge in [-0.3, -0.25) is 4.74 Å². The van der Waals surface area contributed by atoms with E-state index < -0.39 is 144 Å². The molecule has 0 N–H and O–H groups in total. The molecule has 0 bridgehead atoms. The van der Waals surface area contributed by atoms with E-state index >= 15 is 0 Å². The Morgan fingerprint density at radius 1 is 0.320 bits per heavy atom. The van der Waals surface area contributed by atoms with Crippen molar-refractivity contribution in [3.8, 4) is 0 Å². The summed E-state index contributed by atoms with van der Waals surface area (Å²) in [6.45, 7) is 81.4. The van der Waals surface area contributed by atoms with Crippen LogP contribution >= 0.6 is 0 Å². The summed E-state index contributed by atoms with van der Waals surface area (Å²) in [5.74, 6) is -1.15. The van der Waals surface area contributed by atoms with Gasteiger partial charge in [-0.05, 0) is 268 Å². The third kappa shape index (κ3) is 62.7. The van der Waals surface area contributed by atoms with Gasteiger partial charge in [0.05, 0.1) is 18.3 Å². The number of hydrogen-bond donors (Lipinski definition) is 0. The maximum absolute atomic E-state index is 6.60. The van der Waals surface area contributed by atoms with Gasteiger partial charge in [0, 0.05) is 20.1 Å². The minimum Gasteiger partial charge on any atom is -0.376 e. The van der Waals surface area contributed by atoms with Gasteiger partial charge in [0.2, 0.25) is 19.4 Å². The third-order valence-corrected chi connectivity index (χ3v) is 27.9. The second-order valence-electron chi connectivity index (χ2n) is 34.0. The molecular formula is C64H160O20Si13. The van der Waals surface area contributed by atoms with Gasteiger partial charge in [-0.15, -0.1) is 0 Å². The molecule has 0 saturated heterocycles. The minimum absolute atomic E-state index is 0.170. The van der Waals surface area contributed by atoms with E-state index in [4.69, 9.17) is 90.7 Å². The van der Waals surface area contributed by atoms with Crippen LogP contribution in [-0.4, -0.2) is 189 Å². The van der Waals surface area contributed by atoms with Gasteiger partial charge in [0.1, 0.15) is 0 Å². The van der Waals surface area contributed by atoms with E-state index in [1.165, 1.54) is 51.4 Å². The standard InChI is InChI=1S/C17H40O6Si2.C15H34O3Si3.C13H32O5Si2.C10H28O3Si3.C9H26O3Si3/c1-13(2)18-17(19-14(3)4,20-15(5)6)21-16(22-24(7,8)9)23-25(10,11)12;1-19(2)16-15(17-20(3)4)18-21(13-9-5-6-10-13)14-11-7-8-12-14;1-10-14-13(3,15-11-2)16-12(17-19(4,5)6)18-20(7,8)9;1-14(2,3)11-10(12-15(4,5)6)13-16(7,8)9;1-7-15(8-2)12-9(10-13(3)4)11-14(5)6/h13-16H,1-12H3;13-15,19-21H,5-12H2,1-4H3;12H,10-11H2,1-9H3;10H,1-9H3;9,13-15H,7-8H2,1-6H3. The number of ether oxygens (including phenoxy) is 7. The van der Waals surface area contributed by atoms with Crippen molar-refractivity contribution < 1.29 is 90.7 Å². The largest absolute Gasteiger partial charge is 0.417 e. The van der Waals surface area contributed by atoms with Crippen LogP contribution in [0.2, 0.25) is 213 Å². The zero-order valence-corrected chi connectivity index (χ0v) is 84.3. The summed E-state index contributed by atoms with van der Waals surface area (Å²) < 4.78 is 119. The summed E-state index contributed by atoms with van der Waals surface area (Å²) in [6.07, 6.45) is 9.06. The first kappa shape index (κ1) is 103. The molecule has 0 heterocycles. The molecule has 0 aromatic heterocycles. The van der Waals surface area contributed by atoms with Crippen molar-refractivity contribution in [3.05, 3.63) is 0 Å². The van der Waals surface area contributed by atoms with Crippen molar-refractivity contribution in [1.82, 2.24) is 0 Å². The first-order valence-corrected chi connectivity index (χ1v) is 76.0. The molecule has 0 unspecified atom stereocenters. The Kier molecular flexibility index (Phi) is 53.0. The van der Waals surface area contributed by atoms with Crippen LogP contribution in [0, 0.1) is 0 Å². The van der Waals surface area contributed by atoms with Crippen molar-refractivity contribution in [1.29, 1.82) is 0 Å². The van der Waals surface area contributed by atoms with Crippen molar-refractivity contribution in [2.45, 2.75) is 403 Å². The van der Waals surface area contributed by atoms with Gasteiger partial charge in [0.15, 0.2) is 112 Å². The van der Waals surface area contributed by atoms with Crippen LogP contribution in [0.4, 0.5) is 0 Å². The maximum Gasteiger partial charge on any atom is 0.417 e. The van der Waals surface area contributed by atoms with Crippen LogP contribution in [0.15, 0.2) is 0 Å². The maximum atomic E-state index is 6.60. The summed E-state index contributed by atoms with van der Waals surface area (Å²) >= 11 is 0. The van der Waals surface area contributed by atoms with Crippen LogP contribution in [0.5, 0.6) is 0 Å². The van der Waals surface area contributed by atoms with Gasteiger partial charge in [0.25, 0.3) is 18.9 Å². The molecule has 33 heteroatoms. The lowest BCUT2D eigenvalue weighted by Gasteiger charge is -2.40. The molecule has 0 amide bonds. The molecule has 2 aliphatic carbocycles. The van der Waals surface area contributed by atoms with E-state index in [0.29, 0.717) is 13.2 Å². The fourth-order valence-electron chi connectivity index (χ4n) is 9.22. The highest BCUT2D eigenvalue weighted by Crippen LogP contribution is 2.44. The molecule has 97 heavy (non-hydrogen) atoms. The van der Waals surface area contributed by atoms with Gasteiger partial charge in [-0.25, -0.2) is 4.74 Å². The highest BCUT2D eigenvalue weighted by molar-refractivity contribution is 6.73. The monoisotopic (exact) mass is 1610 g/mol. The Balaban J connectivity index is -0.00000115. The van der Waals surface area contributed by atoms with Gasteiger partial charge >= 0.3 is 6.16 Å². The Hall–Kier alpha value is 2.02. The van der Waals surface area contributed by atoms with Gasteiger partial charge < -0.3 is 81.2 Å². The van der Waals surface area contributed by atoms with E-state index in [9.17, 15) is 0 Å². The molecule has 2 fully saturated rings. The second-order valence-corrected chi connectivity index (χ2v) is 81.0. The van der Waals surface area contributed by atoms with Crippen molar-refractivity contribution >= 4 is 112 Å².